The molecule has 1 aliphatic carbocycles. The van der Waals surface area contributed by atoms with E-state index in [1.165, 1.54) is 0 Å². The van der Waals surface area contributed by atoms with Crippen molar-refractivity contribution in [2.24, 2.45) is 0 Å². The van der Waals surface area contributed by atoms with Crippen LogP contribution >= 0.6 is 0 Å². The molecule has 0 radical (unpaired) electrons. The number of rotatable bonds is 3. The van der Waals surface area contributed by atoms with Crippen LogP contribution in [-0.2, 0) is 9.59 Å². The van der Waals surface area contributed by atoms with Crippen molar-refractivity contribution in [1.82, 2.24) is 0 Å². The minimum atomic E-state index is -0.534. The van der Waals surface area contributed by atoms with Gasteiger partial charge in [-0.05, 0) is 20.8 Å². The third-order valence-electron chi connectivity index (χ3n) is 2.65. The van der Waals surface area contributed by atoms with Gasteiger partial charge >= 0.3 is 0 Å². The van der Waals surface area contributed by atoms with Gasteiger partial charge in [-0.25, -0.2) is 0 Å². The number of ketones is 2. The first-order chi connectivity index (χ1) is 7.93. The van der Waals surface area contributed by atoms with E-state index in [0.717, 1.165) is 5.57 Å². The van der Waals surface area contributed by atoms with Gasteiger partial charge in [0, 0.05) is 22.3 Å². The first-order valence-electron chi connectivity index (χ1n) is 5.33. The van der Waals surface area contributed by atoms with Crippen LogP contribution in [0, 0.1) is 0 Å². The Bertz CT molecular complexity index is 460. The zero-order valence-electron chi connectivity index (χ0n) is 10.2. The Balaban J connectivity index is 3.39. The topological polar surface area (TPSA) is 74.6 Å². The maximum absolute atomic E-state index is 12.0. The van der Waals surface area contributed by atoms with Gasteiger partial charge in [0.15, 0.2) is 11.6 Å². The van der Waals surface area contributed by atoms with Crippen LogP contribution in [0.5, 0.6) is 0 Å². The molecule has 0 amide bonds. The second kappa shape index (κ2) is 5.21. The summed E-state index contributed by atoms with van der Waals surface area (Å²) in [6.45, 7) is 4.14. The molecule has 0 saturated carbocycles. The molecule has 0 aromatic heterocycles. The predicted molar refractivity (Wildman–Crippen MR) is 63.3 cm³/mol. The number of carbonyl (C=O) groups excluding carboxylic acids is 2. The second-order valence-electron chi connectivity index (χ2n) is 4.19. The highest BCUT2D eigenvalue weighted by Gasteiger charge is 2.30. The molecule has 4 heteroatoms. The lowest BCUT2D eigenvalue weighted by molar-refractivity contribution is -0.117. The smallest absolute Gasteiger partial charge is 0.192 e. The summed E-state index contributed by atoms with van der Waals surface area (Å²) in [6.07, 6.45) is 1.62. The summed E-state index contributed by atoms with van der Waals surface area (Å²) >= 11 is 0. The molecule has 0 unspecified atom stereocenters. The summed E-state index contributed by atoms with van der Waals surface area (Å²) in [5, 5.41) is 18.2. The molecule has 0 fully saturated rings. The van der Waals surface area contributed by atoms with E-state index in [9.17, 15) is 9.59 Å². The normalized spacial score (nSPS) is 16.8. The maximum atomic E-state index is 12.0. The summed E-state index contributed by atoms with van der Waals surface area (Å²) in [7, 11) is 0. The molecular weight excluding hydrogens is 220 g/mol. The standard InChI is InChI=1S/C13H16O4/c1-7(2)4-9-8(3)12(16)10(5-14)11(6-15)13(9)17/h4,14-15H,5-6H2,1-3H3. The molecule has 1 aliphatic rings. The zero-order valence-corrected chi connectivity index (χ0v) is 10.2. The Labute approximate surface area is 100.0 Å². The van der Waals surface area contributed by atoms with Crippen LogP contribution in [0.15, 0.2) is 33.9 Å². The quantitative estimate of drug-likeness (QED) is 0.707. The zero-order chi connectivity index (χ0) is 13.2. The van der Waals surface area contributed by atoms with E-state index in [-0.39, 0.29) is 22.7 Å². The van der Waals surface area contributed by atoms with E-state index in [2.05, 4.69) is 0 Å². The fraction of sp³-hybridized carbons (Fsp3) is 0.385. The molecule has 0 bridgehead atoms. The largest absolute Gasteiger partial charge is 0.392 e. The fourth-order valence-corrected chi connectivity index (χ4v) is 1.75. The number of carbonyl (C=O) groups is 2. The molecular formula is C13H16O4. The van der Waals surface area contributed by atoms with Gasteiger partial charge in [0.2, 0.25) is 0 Å². The van der Waals surface area contributed by atoms with Crippen molar-refractivity contribution >= 4 is 11.6 Å². The number of hydrogen-bond acceptors (Lipinski definition) is 4. The Kier molecular flexibility index (Phi) is 4.15. The average molecular weight is 236 g/mol. The highest BCUT2D eigenvalue weighted by Crippen LogP contribution is 2.25. The van der Waals surface area contributed by atoms with Crippen molar-refractivity contribution in [2.45, 2.75) is 20.8 Å². The minimum Gasteiger partial charge on any atom is -0.392 e. The Morgan fingerprint density at radius 1 is 1.06 bits per heavy atom. The molecule has 0 aromatic rings. The summed E-state index contributed by atoms with van der Waals surface area (Å²) in [4.78, 5) is 23.9. The lowest BCUT2D eigenvalue weighted by Crippen LogP contribution is -2.26. The van der Waals surface area contributed by atoms with Crippen molar-refractivity contribution in [3.63, 3.8) is 0 Å². The average Bonchev–Trinajstić information content (AvgIpc) is 2.28. The van der Waals surface area contributed by atoms with Gasteiger partial charge in [-0.15, -0.1) is 0 Å². The number of allylic oxidation sites excluding steroid dienone is 4. The molecule has 17 heavy (non-hydrogen) atoms. The summed E-state index contributed by atoms with van der Waals surface area (Å²) in [6, 6.07) is 0. The van der Waals surface area contributed by atoms with Gasteiger partial charge < -0.3 is 10.2 Å². The van der Waals surface area contributed by atoms with Crippen LogP contribution in [-0.4, -0.2) is 35.0 Å². The molecule has 2 N–H and O–H groups in total. The van der Waals surface area contributed by atoms with Gasteiger partial charge in [-0.1, -0.05) is 11.6 Å². The monoisotopic (exact) mass is 236 g/mol. The van der Waals surface area contributed by atoms with Crippen LogP contribution in [0.4, 0.5) is 0 Å². The van der Waals surface area contributed by atoms with Crippen molar-refractivity contribution in [1.29, 1.82) is 0 Å². The van der Waals surface area contributed by atoms with Crippen molar-refractivity contribution in [3.8, 4) is 0 Å². The van der Waals surface area contributed by atoms with Crippen LogP contribution < -0.4 is 0 Å². The van der Waals surface area contributed by atoms with Gasteiger partial charge in [0.1, 0.15) is 0 Å². The summed E-state index contributed by atoms with van der Waals surface area (Å²) in [5.41, 5.74) is 1.51. The van der Waals surface area contributed by atoms with Gasteiger partial charge in [-0.2, -0.15) is 0 Å². The lowest BCUT2D eigenvalue weighted by Gasteiger charge is -2.18. The van der Waals surface area contributed by atoms with Gasteiger partial charge in [0.05, 0.1) is 13.2 Å². The summed E-state index contributed by atoms with van der Waals surface area (Å²) < 4.78 is 0. The molecule has 0 spiro atoms. The molecule has 0 atom stereocenters. The third-order valence-corrected chi connectivity index (χ3v) is 2.65. The first kappa shape index (κ1) is 13.5. The van der Waals surface area contributed by atoms with E-state index in [1.807, 2.05) is 13.8 Å². The second-order valence-corrected chi connectivity index (χ2v) is 4.19. The van der Waals surface area contributed by atoms with Gasteiger partial charge in [0.25, 0.3) is 0 Å². The number of aliphatic hydroxyl groups is 2. The molecule has 0 heterocycles. The molecule has 92 valence electrons. The number of Topliss-reactive ketones (excluding diaryl/α,β-unsaturated/α-hetero) is 2. The van der Waals surface area contributed by atoms with E-state index in [1.54, 1.807) is 13.0 Å². The Morgan fingerprint density at radius 3 is 1.94 bits per heavy atom. The molecule has 0 aliphatic heterocycles. The summed E-state index contributed by atoms with van der Waals surface area (Å²) in [5.74, 6) is -0.751. The Hall–Kier alpha value is -1.52. The van der Waals surface area contributed by atoms with E-state index >= 15 is 0 Å². The van der Waals surface area contributed by atoms with Crippen molar-refractivity contribution < 1.29 is 19.8 Å². The first-order valence-corrected chi connectivity index (χ1v) is 5.33. The van der Waals surface area contributed by atoms with Crippen LogP contribution in [0.3, 0.4) is 0 Å². The maximum Gasteiger partial charge on any atom is 0.192 e. The van der Waals surface area contributed by atoms with Crippen LogP contribution in [0.2, 0.25) is 0 Å². The highest BCUT2D eigenvalue weighted by atomic mass is 16.3. The van der Waals surface area contributed by atoms with Crippen molar-refractivity contribution in [2.75, 3.05) is 13.2 Å². The predicted octanol–water partition coefficient (Wildman–Crippen LogP) is 0.702. The van der Waals surface area contributed by atoms with Gasteiger partial charge in [-0.3, -0.25) is 9.59 Å². The highest BCUT2D eigenvalue weighted by molar-refractivity contribution is 6.26. The molecule has 1 rings (SSSR count). The molecule has 0 aromatic carbocycles. The molecule has 4 nitrogen and oxygen atoms in total. The van der Waals surface area contributed by atoms with E-state index in [0.29, 0.717) is 11.1 Å². The van der Waals surface area contributed by atoms with Crippen molar-refractivity contribution in [3.05, 3.63) is 33.9 Å². The SMILES string of the molecule is CC(C)=CC1=C(C)C(=O)C(CO)=C(CO)C1=O. The number of hydrogen-bond donors (Lipinski definition) is 2. The fourth-order valence-electron chi connectivity index (χ4n) is 1.75. The van der Waals surface area contributed by atoms with Crippen LogP contribution in [0.1, 0.15) is 20.8 Å². The van der Waals surface area contributed by atoms with E-state index < -0.39 is 13.2 Å². The lowest BCUT2D eigenvalue weighted by atomic mass is 9.84. The van der Waals surface area contributed by atoms with Crippen LogP contribution in [0.25, 0.3) is 0 Å². The number of aliphatic hydroxyl groups excluding tert-OH is 2. The minimum absolute atomic E-state index is 0.000839. The molecule has 0 saturated heterocycles. The van der Waals surface area contributed by atoms with E-state index in [4.69, 9.17) is 10.2 Å². The Morgan fingerprint density at radius 2 is 1.53 bits per heavy atom. The third kappa shape index (κ3) is 2.43.